The molecule has 0 aliphatic heterocycles. The molecular formula is C10H8INO2. The molecule has 0 saturated heterocycles. The molecule has 0 amide bonds. The molecule has 4 heteroatoms. The van der Waals surface area contributed by atoms with Gasteiger partial charge in [0, 0.05) is 16.1 Å². The van der Waals surface area contributed by atoms with E-state index in [4.69, 9.17) is 10.00 Å². The first-order valence-corrected chi connectivity index (χ1v) is 5.04. The van der Waals surface area contributed by atoms with Crippen molar-refractivity contribution >= 4 is 28.6 Å². The van der Waals surface area contributed by atoms with E-state index in [9.17, 15) is 4.79 Å². The average Bonchev–Trinajstić information content (AvgIpc) is 2.15. The zero-order valence-corrected chi connectivity index (χ0v) is 9.69. The fourth-order valence-electron chi connectivity index (χ4n) is 1.01. The molecule has 0 saturated carbocycles. The maximum absolute atomic E-state index is 10.7. The molecule has 0 aliphatic carbocycles. The minimum absolute atomic E-state index is 0.448. The maximum Gasteiger partial charge on any atom is 0.304 e. The van der Waals surface area contributed by atoms with Crippen LogP contribution in [-0.2, 0) is 9.53 Å². The number of esters is 1. The Hall–Kier alpha value is -1.09. The summed E-state index contributed by atoms with van der Waals surface area (Å²) >= 11 is 2.10. The first-order chi connectivity index (χ1) is 6.65. The summed E-state index contributed by atoms with van der Waals surface area (Å²) in [7, 11) is 0. The fraction of sp³-hybridized carbons (Fsp3) is 0.200. The van der Waals surface area contributed by atoms with Crippen molar-refractivity contribution in [3.63, 3.8) is 0 Å². The number of halogens is 1. The molecular weight excluding hydrogens is 293 g/mol. The van der Waals surface area contributed by atoms with Crippen LogP contribution in [0.4, 0.5) is 0 Å². The molecule has 0 aromatic heterocycles. The Morgan fingerprint density at radius 3 is 2.71 bits per heavy atom. The highest BCUT2D eigenvalue weighted by atomic mass is 127. The number of carbonyl (C=O) groups is 1. The Kier molecular flexibility index (Phi) is 3.89. The van der Waals surface area contributed by atoms with Crippen molar-refractivity contribution in [1.82, 2.24) is 0 Å². The summed E-state index contributed by atoms with van der Waals surface area (Å²) < 4.78 is 5.78. The Balaban J connectivity index is 2.96. The van der Waals surface area contributed by atoms with Gasteiger partial charge in [0.05, 0.1) is 0 Å². The van der Waals surface area contributed by atoms with Gasteiger partial charge in [-0.1, -0.05) is 18.2 Å². The topological polar surface area (TPSA) is 50.1 Å². The summed E-state index contributed by atoms with van der Waals surface area (Å²) in [6, 6.07) is 9.26. The molecule has 3 nitrogen and oxygen atoms in total. The predicted molar refractivity (Wildman–Crippen MR) is 59.3 cm³/mol. The van der Waals surface area contributed by atoms with Gasteiger partial charge in [-0.25, -0.2) is 0 Å². The van der Waals surface area contributed by atoms with Crippen LogP contribution in [0.3, 0.4) is 0 Å². The summed E-state index contributed by atoms with van der Waals surface area (Å²) in [5.41, 5.74) is 0.728. The summed E-state index contributed by atoms with van der Waals surface area (Å²) in [6.45, 7) is 1.29. The highest BCUT2D eigenvalue weighted by Crippen LogP contribution is 2.22. The SMILES string of the molecule is CC(=O)OC(C#N)c1ccccc1I. The predicted octanol–water partition coefficient (Wildman–Crippen LogP) is 2.42. The zero-order valence-electron chi connectivity index (χ0n) is 7.53. The van der Waals surface area contributed by atoms with Gasteiger partial charge in [-0.3, -0.25) is 4.79 Å². The third-order valence-electron chi connectivity index (χ3n) is 1.59. The van der Waals surface area contributed by atoms with Gasteiger partial charge in [-0.05, 0) is 28.7 Å². The van der Waals surface area contributed by atoms with Crippen molar-refractivity contribution in [3.8, 4) is 6.07 Å². The second-order valence-electron chi connectivity index (χ2n) is 2.64. The van der Waals surface area contributed by atoms with Gasteiger partial charge in [0.2, 0.25) is 6.10 Å². The summed E-state index contributed by atoms with van der Waals surface area (Å²) in [4.78, 5) is 10.7. The van der Waals surface area contributed by atoms with Crippen molar-refractivity contribution in [2.24, 2.45) is 0 Å². The Bertz CT molecular complexity index is 384. The van der Waals surface area contributed by atoms with Crippen LogP contribution >= 0.6 is 22.6 Å². The van der Waals surface area contributed by atoms with Crippen LogP contribution in [0.1, 0.15) is 18.6 Å². The number of hydrogen-bond acceptors (Lipinski definition) is 3. The normalized spacial score (nSPS) is 11.5. The molecule has 0 radical (unpaired) electrons. The highest BCUT2D eigenvalue weighted by Gasteiger charge is 2.15. The van der Waals surface area contributed by atoms with Crippen LogP contribution in [0.5, 0.6) is 0 Å². The number of nitrogens with zero attached hydrogens (tertiary/aromatic N) is 1. The van der Waals surface area contributed by atoms with E-state index in [1.54, 1.807) is 6.07 Å². The second-order valence-corrected chi connectivity index (χ2v) is 3.80. The molecule has 0 aliphatic rings. The molecule has 1 atom stereocenters. The zero-order chi connectivity index (χ0) is 10.6. The molecule has 72 valence electrons. The molecule has 1 aromatic carbocycles. The van der Waals surface area contributed by atoms with Gasteiger partial charge in [0.15, 0.2) is 0 Å². The lowest BCUT2D eigenvalue weighted by Crippen LogP contribution is -2.07. The minimum atomic E-state index is -0.805. The summed E-state index contributed by atoms with van der Waals surface area (Å²) in [5, 5.41) is 8.82. The lowest BCUT2D eigenvalue weighted by molar-refractivity contribution is -0.144. The Morgan fingerprint density at radius 2 is 2.21 bits per heavy atom. The van der Waals surface area contributed by atoms with E-state index in [1.807, 2.05) is 24.3 Å². The molecule has 0 bridgehead atoms. The molecule has 1 aromatic rings. The third-order valence-corrected chi connectivity index (χ3v) is 2.57. The number of ether oxygens (including phenoxy) is 1. The largest absolute Gasteiger partial charge is 0.442 e. The molecule has 0 fully saturated rings. The van der Waals surface area contributed by atoms with Crippen LogP contribution in [-0.4, -0.2) is 5.97 Å². The monoisotopic (exact) mass is 301 g/mol. The molecule has 0 heterocycles. The number of rotatable bonds is 2. The van der Waals surface area contributed by atoms with E-state index in [2.05, 4.69) is 22.6 Å². The lowest BCUT2D eigenvalue weighted by Gasteiger charge is -2.10. The minimum Gasteiger partial charge on any atom is -0.442 e. The van der Waals surface area contributed by atoms with E-state index < -0.39 is 12.1 Å². The fourth-order valence-corrected chi connectivity index (χ4v) is 1.68. The van der Waals surface area contributed by atoms with Crippen molar-refractivity contribution in [3.05, 3.63) is 33.4 Å². The number of benzene rings is 1. The lowest BCUT2D eigenvalue weighted by atomic mass is 10.1. The molecule has 0 N–H and O–H groups in total. The van der Waals surface area contributed by atoms with Crippen LogP contribution < -0.4 is 0 Å². The first-order valence-electron chi connectivity index (χ1n) is 3.96. The van der Waals surface area contributed by atoms with Crippen molar-refractivity contribution < 1.29 is 9.53 Å². The number of nitriles is 1. The second kappa shape index (κ2) is 4.96. The van der Waals surface area contributed by atoms with Gasteiger partial charge < -0.3 is 4.74 Å². The van der Waals surface area contributed by atoms with Crippen LogP contribution in [0.25, 0.3) is 0 Å². The van der Waals surface area contributed by atoms with Gasteiger partial charge in [0.25, 0.3) is 0 Å². The van der Waals surface area contributed by atoms with Crippen LogP contribution in [0.2, 0.25) is 0 Å². The number of hydrogen-bond donors (Lipinski definition) is 0. The Labute approximate surface area is 95.8 Å². The van der Waals surface area contributed by atoms with Gasteiger partial charge in [-0.15, -0.1) is 0 Å². The van der Waals surface area contributed by atoms with E-state index in [0.29, 0.717) is 0 Å². The van der Waals surface area contributed by atoms with Crippen molar-refractivity contribution in [2.45, 2.75) is 13.0 Å². The quantitative estimate of drug-likeness (QED) is 0.622. The summed E-state index contributed by atoms with van der Waals surface area (Å²) in [6.07, 6.45) is -0.805. The van der Waals surface area contributed by atoms with Crippen LogP contribution in [0.15, 0.2) is 24.3 Å². The Morgan fingerprint density at radius 1 is 1.57 bits per heavy atom. The van der Waals surface area contributed by atoms with Crippen LogP contribution in [0, 0.1) is 14.9 Å². The van der Waals surface area contributed by atoms with Gasteiger partial charge in [-0.2, -0.15) is 5.26 Å². The first kappa shape index (κ1) is 11.0. The van der Waals surface area contributed by atoms with Crippen molar-refractivity contribution in [2.75, 3.05) is 0 Å². The summed E-state index contributed by atoms with van der Waals surface area (Å²) in [5.74, 6) is -0.448. The van der Waals surface area contributed by atoms with Gasteiger partial charge >= 0.3 is 5.97 Å². The number of carbonyl (C=O) groups excluding carboxylic acids is 1. The van der Waals surface area contributed by atoms with E-state index in [0.717, 1.165) is 9.13 Å². The highest BCUT2D eigenvalue weighted by molar-refractivity contribution is 14.1. The third kappa shape index (κ3) is 2.70. The molecule has 1 rings (SSSR count). The molecule has 14 heavy (non-hydrogen) atoms. The van der Waals surface area contributed by atoms with E-state index in [1.165, 1.54) is 6.92 Å². The van der Waals surface area contributed by atoms with Crippen molar-refractivity contribution in [1.29, 1.82) is 5.26 Å². The average molecular weight is 301 g/mol. The van der Waals surface area contributed by atoms with Gasteiger partial charge in [0.1, 0.15) is 6.07 Å². The molecule has 0 spiro atoms. The van der Waals surface area contributed by atoms with E-state index >= 15 is 0 Å². The molecule has 1 unspecified atom stereocenters. The smallest absolute Gasteiger partial charge is 0.304 e. The maximum atomic E-state index is 10.7. The standard InChI is InChI=1S/C10H8INO2/c1-7(13)14-10(6-12)8-4-2-3-5-9(8)11/h2-5,10H,1H3. The van der Waals surface area contributed by atoms with E-state index in [-0.39, 0.29) is 0 Å².